The molecule has 17 heavy (non-hydrogen) atoms. The summed E-state index contributed by atoms with van der Waals surface area (Å²) in [6.45, 7) is 2.11. The number of hydrogen-bond donors (Lipinski definition) is 0. The summed E-state index contributed by atoms with van der Waals surface area (Å²) in [7, 11) is 0. The van der Waals surface area contributed by atoms with Crippen LogP contribution in [0.4, 0.5) is 0 Å². The van der Waals surface area contributed by atoms with E-state index in [4.69, 9.17) is 0 Å². The summed E-state index contributed by atoms with van der Waals surface area (Å²) in [4.78, 5) is 1.49. The van der Waals surface area contributed by atoms with Gasteiger partial charge in [-0.1, -0.05) is 49.6 Å². The molecule has 0 saturated carbocycles. The standard InChI is InChI=1S/C12H8Br4S/c1-6-2-3-8(13)7(4-6)11(15)10-5-9(14)12(16)17-10/h2-5,11H,1H3. The molecule has 2 rings (SSSR count). The van der Waals surface area contributed by atoms with Gasteiger partial charge in [-0.15, -0.1) is 11.3 Å². The number of benzene rings is 1. The first-order valence-corrected chi connectivity index (χ1v) is 8.95. The second-order valence-electron chi connectivity index (χ2n) is 3.66. The monoisotopic (exact) mass is 500 g/mol. The molecule has 0 amide bonds. The number of thiophene rings is 1. The Morgan fingerprint density at radius 2 is 1.76 bits per heavy atom. The molecule has 0 radical (unpaired) electrons. The van der Waals surface area contributed by atoms with Crippen molar-refractivity contribution in [3.8, 4) is 0 Å². The molecular formula is C12H8Br4S. The predicted molar refractivity (Wildman–Crippen MR) is 89.4 cm³/mol. The van der Waals surface area contributed by atoms with Gasteiger partial charge in [0.2, 0.25) is 0 Å². The molecule has 0 N–H and O–H groups in total. The van der Waals surface area contributed by atoms with E-state index in [1.54, 1.807) is 11.3 Å². The maximum absolute atomic E-state index is 3.77. The highest BCUT2D eigenvalue weighted by molar-refractivity contribution is 9.13. The molecule has 0 fully saturated rings. The summed E-state index contributed by atoms with van der Waals surface area (Å²) in [6, 6.07) is 8.54. The van der Waals surface area contributed by atoms with Crippen LogP contribution in [-0.4, -0.2) is 0 Å². The molecule has 1 aromatic carbocycles. The molecule has 2 aromatic rings. The smallest absolute Gasteiger partial charge is 0.0843 e. The minimum atomic E-state index is 0.212. The number of halogens is 4. The van der Waals surface area contributed by atoms with E-state index in [-0.39, 0.29) is 4.83 Å². The van der Waals surface area contributed by atoms with Gasteiger partial charge >= 0.3 is 0 Å². The predicted octanol–water partition coefficient (Wildman–Crippen LogP) is 6.83. The zero-order valence-corrected chi connectivity index (χ0v) is 16.0. The fraction of sp³-hybridized carbons (Fsp3) is 0.167. The van der Waals surface area contributed by atoms with Crippen LogP contribution in [0.2, 0.25) is 0 Å². The van der Waals surface area contributed by atoms with Crippen molar-refractivity contribution in [3.63, 3.8) is 0 Å². The third-order valence-corrected chi connectivity index (χ3v) is 7.67. The fourth-order valence-corrected chi connectivity index (χ4v) is 5.16. The molecule has 0 nitrogen and oxygen atoms in total. The maximum Gasteiger partial charge on any atom is 0.0843 e. The van der Waals surface area contributed by atoms with Crippen molar-refractivity contribution in [1.82, 2.24) is 0 Å². The van der Waals surface area contributed by atoms with E-state index in [1.807, 2.05) is 0 Å². The molecule has 5 heteroatoms. The van der Waals surface area contributed by atoms with Gasteiger partial charge in [0.25, 0.3) is 0 Å². The molecule has 0 aliphatic heterocycles. The lowest BCUT2D eigenvalue weighted by molar-refractivity contribution is 1.19. The third kappa shape index (κ3) is 3.24. The highest BCUT2D eigenvalue weighted by Crippen LogP contribution is 2.43. The van der Waals surface area contributed by atoms with E-state index in [9.17, 15) is 0 Å². The van der Waals surface area contributed by atoms with E-state index >= 15 is 0 Å². The topological polar surface area (TPSA) is 0 Å². The van der Waals surface area contributed by atoms with Crippen LogP contribution in [0.3, 0.4) is 0 Å². The first kappa shape index (κ1) is 14.3. The van der Waals surface area contributed by atoms with Crippen LogP contribution in [0.25, 0.3) is 0 Å². The largest absolute Gasteiger partial charge is 0.131 e. The Hall–Kier alpha value is 0.840. The molecule has 1 atom stereocenters. The Morgan fingerprint density at radius 1 is 1.06 bits per heavy atom. The van der Waals surface area contributed by atoms with Gasteiger partial charge in [-0.25, -0.2) is 0 Å². The van der Waals surface area contributed by atoms with Crippen LogP contribution in [0.15, 0.2) is 37.0 Å². The molecule has 0 spiro atoms. The van der Waals surface area contributed by atoms with Crippen molar-refractivity contribution < 1.29 is 0 Å². The van der Waals surface area contributed by atoms with Crippen LogP contribution in [0, 0.1) is 6.92 Å². The molecule has 0 aliphatic carbocycles. The van der Waals surface area contributed by atoms with Gasteiger partial charge in [-0.05, 0) is 56.5 Å². The summed E-state index contributed by atoms with van der Waals surface area (Å²) >= 11 is 16.2. The van der Waals surface area contributed by atoms with Crippen LogP contribution in [0.5, 0.6) is 0 Å². The van der Waals surface area contributed by atoms with E-state index in [0.717, 1.165) is 12.7 Å². The Labute approximate surface area is 138 Å². The summed E-state index contributed by atoms with van der Waals surface area (Å²) < 4.78 is 3.36. The van der Waals surface area contributed by atoms with Crippen LogP contribution in [-0.2, 0) is 0 Å². The molecule has 1 heterocycles. The molecule has 0 saturated heterocycles. The normalized spacial score (nSPS) is 12.8. The van der Waals surface area contributed by atoms with Crippen molar-refractivity contribution in [1.29, 1.82) is 0 Å². The Bertz CT molecular complexity index is 528. The summed E-state index contributed by atoms with van der Waals surface area (Å²) in [6.07, 6.45) is 0. The molecule has 90 valence electrons. The highest BCUT2D eigenvalue weighted by Gasteiger charge is 2.17. The van der Waals surface area contributed by atoms with Crippen molar-refractivity contribution in [3.05, 3.63) is 53.0 Å². The van der Waals surface area contributed by atoms with Crippen molar-refractivity contribution in [2.45, 2.75) is 11.8 Å². The fourth-order valence-electron chi connectivity index (χ4n) is 1.50. The van der Waals surface area contributed by atoms with Gasteiger partial charge in [0.1, 0.15) is 0 Å². The van der Waals surface area contributed by atoms with E-state index in [0.29, 0.717) is 0 Å². The van der Waals surface area contributed by atoms with Gasteiger partial charge in [0, 0.05) is 13.8 Å². The Kier molecular flexibility index (Phi) is 4.92. The summed E-state index contributed by atoms with van der Waals surface area (Å²) in [5.41, 5.74) is 2.52. The average Bonchev–Trinajstić information content (AvgIpc) is 2.62. The van der Waals surface area contributed by atoms with Gasteiger partial charge < -0.3 is 0 Å². The van der Waals surface area contributed by atoms with Crippen LogP contribution in [0.1, 0.15) is 20.8 Å². The Balaban J connectivity index is 2.42. The van der Waals surface area contributed by atoms with Gasteiger partial charge in [0.05, 0.1) is 8.61 Å². The molecule has 0 aliphatic rings. The zero-order chi connectivity index (χ0) is 12.6. The molecule has 1 unspecified atom stereocenters. The van der Waals surface area contributed by atoms with Crippen LogP contribution < -0.4 is 0 Å². The lowest BCUT2D eigenvalue weighted by atomic mass is 10.1. The molecule has 0 bridgehead atoms. The van der Waals surface area contributed by atoms with Crippen LogP contribution >= 0.6 is 75.1 Å². The van der Waals surface area contributed by atoms with Crippen molar-refractivity contribution >= 4 is 75.1 Å². The average molecular weight is 504 g/mol. The van der Waals surface area contributed by atoms with E-state index < -0.39 is 0 Å². The number of alkyl halides is 1. The zero-order valence-electron chi connectivity index (χ0n) is 8.81. The molecular weight excluding hydrogens is 496 g/mol. The second-order valence-corrected chi connectivity index (χ2v) is 8.68. The quantitative estimate of drug-likeness (QED) is 0.394. The maximum atomic E-state index is 3.77. The minimum Gasteiger partial charge on any atom is -0.131 e. The summed E-state index contributed by atoms with van der Waals surface area (Å²) in [5.74, 6) is 0. The van der Waals surface area contributed by atoms with Gasteiger partial charge in [-0.2, -0.15) is 0 Å². The SMILES string of the molecule is Cc1ccc(Br)c(C(Br)c2cc(Br)c(Br)s2)c1. The highest BCUT2D eigenvalue weighted by atomic mass is 79.9. The van der Waals surface area contributed by atoms with E-state index in [2.05, 4.69) is 94.9 Å². The number of rotatable bonds is 2. The third-order valence-electron chi connectivity index (χ3n) is 2.34. The number of aryl methyl sites for hydroxylation is 1. The summed E-state index contributed by atoms with van der Waals surface area (Å²) in [5, 5.41) is 0. The first-order valence-electron chi connectivity index (χ1n) is 4.84. The number of hydrogen-bond acceptors (Lipinski definition) is 1. The minimum absolute atomic E-state index is 0.212. The molecule has 1 aromatic heterocycles. The van der Waals surface area contributed by atoms with Crippen molar-refractivity contribution in [2.24, 2.45) is 0 Å². The first-order chi connectivity index (χ1) is 7.99. The lowest BCUT2D eigenvalue weighted by Gasteiger charge is -2.11. The van der Waals surface area contributed by atoms with Gasteiger partial charge in [-0.3, -0.25) is 0 Å². The second kappa shape index (κ2) is 5.87. The van der Waals surface area contributed by atoms with Gasteiger partial charge in [0.15, 0.2) is 0 Å². The Morgan fingerprint density at radius 3 is 2.35 bits per heavy atom. The lowest BCUT2D eigenvalue weighted by Crippen LogP contribution is -1.92. The van der Waals surface area contributed by atoms with Crippen molar-refractivity contribution in [2.75, 3.05) is 0 Å². The van der Waals surface area contributed by atoms with E-state index in [1.165, 1.54) is 16.0 Å².